The van der Waals surface area contributed by atoms with E-state index in [0.717, 1.165) is 48.4 Å². The highest BCUT2D eigenvalue weighted by atomic mass is 32.1. The molecular formula is C24H21F3N4OS. The Labute approximate surface area is 192 Å². The SMILES string of the molecule is O=C(c1cscn1)C1CCC1Cc1ccc(C2=NC(c3cccc(C(F)(F)F)c3)NC2)cn1. The van der Waals surface area contributed by atoms with Crippen LogP contribution in [0.5, 0.6) is 0 Å². The van der Waals surface area contributed by atoms with Crippen LogP contribution < -0.4 is 5.32 Å². The summed E-state index contributed by atoms with van der Waals surface area (Å²) >= 11 is 1.43. The van der Waals surface area contributed by atoms with Gasteiger partial charge in [-0.05, 0) is 55.0 Å². The number of hydrogen-bond donors (Lipinski definition) is 1. The van der Waals surface area contributed by atoms with Crippen LogP contribution in [0.3, 0.4) is 0 Å². The first-order chi connectivity index (χ1) is 15.9. The Bertz CT molecular complexity index is 1180. The molecule has 1 aliphatic heterocycles. The van der Waals surface area contributed by atoms with Gasteiger partial charge in [-0.1, -0.05) is 12.1 Å². The Morgan fingerprint density at radius 1 is 1.15 bits per heavy atom. The molecule has 0 bridgehead atoms. The summed E-state index contributed by atoms with van der Waals surface area (Å²) in [5.41, 5.74) is 4.55. The molecule has 1 aliphatic carbocycles. The first-order valence-electron chi connectivity index (χ1n) is 10.7. The number of halogens is 3. The van der Waals surface area contributed by atoms with Crippen LogP contribution in [0.2, 0.25) is 0 Å². The summed E-state index contributed by atoms with van der Waals surface area (Å²) in [4.78, 5) is 25.9. The van der Waals surface area contributed by atoms with Crippen LogP contribution >= 0.6 is 11.3 Å². The van der Waals surface area contributed by atoms with E-state index >= 15 is 0 Å². The van der Waals surface area contributed by atoms with Gasteiger partial charge in [-0.25, -0.2) is 4.98 Å². The van der Waals surface area contributed by atoms with Crippen molar-refractivity contribution in [1.82, 2.24) is 15.3 Å². The fraction of sp³-hybridized carbons (Fsp3) is 0.333. The number of carbonyl (C=O) groups excluding carboxylic acids is 1. The van der Waals surface area contributed by atoms with Crippen molar-refractivity contribution >= 4 is 22.8 Å². The normalized spacial score (nSPS) is 22.6. The summed E-state index contributed by atoms with van der Waals surface area (Å²) in [7, 11) is 0. The maximum Gasteiger partial charge on any atom is 0.416 e. The lowest BCUT2D eigenvalue weighted by molar-refractivity contribution is -0.137. The number of hydrogen-bond acceptors (Lipinski definition) is 6. The van der Waals surface area contributed by atoms with Crippen LogP contribution in [-0.2, 0) is 12.6 Å². The minimum Gasteiger partial charge on any atom is -0.292 e. The van der Waals surface area contributed by atoms with Crippen LogP contribution in [0.1, 0.15) is 51.9 Å². The molecule has 1 fully saturated rings. The lowest BCUT2D eigenvalue weighted by Gasteiger charge is -2.34. The Balaban J connectivity index is 1.24. The number of alkyl halides is 3. The van der Waals surface area contributed by atoms with E-state index in [9.17, 15) is 18.0 Å². The summed E-state index contributed by atoms with van der Waals surface area (Å²) in [5.74, 6) is 0.398. The summed E-state index contributed by atoms with van der Waals surface area (Å²) in [6, 6.07) is 9.11. The second-order valence-electron chi connectivity index (χ2n) is 8.41. The average molecular weight is 471 g/mol. The number of Topliss-reactive ketones (excluding diaryl/α,β-unsaturated/α-hetero) is 1. The zero-order chi connectivity index (χ0) is 23.0. The minimum atomic E-state index is -4.38. The third-order valence-corrected chi connectivity index (χ3v) is 6.93. The van der Waals surface area contributed by atoms with E-state index < -0.39 is 17.9 Å². The Morgan fingerprint density at radius 2 is 2.03 bits per heavy atom. The molecule has 2 aromatic heterocycles. The summed E-state index contributed by atoms with van der Waals surface area (Å²) < 4.78 is 39.0. The molecule has 0 amide bonds. The van der Waals surface area contributed by atoms with Gasteiger partial charge in [0.05, 0.1) is 16.8 Å². The van der Waals surface area contributed by atoms with Crippen molar-refractivity contribution in [2.45, 2.75) is 31.6 Å². The fourth-order valence-electron chi connectivity index (χ4n) is 4.36. The van der Waals surface area contributed by atoms with Crippen molar-refractivity contribution in [1.29, 1.82) is 0 Å². The summed E-state index contributed by atoms with van der Waals surface area (Å²) in [6.45, 7) is 0.453. The van der Waals surface area contributed by atoms with E-state index in [1.54, 1.807) is 23.2 Å². The number of nitrogens with zero attached hydrogens (tertiary/aromatic N) is 3. The van der Waals surface area contributed by atoms with E-state index in [4.69, 9.17) is 0 Å². The molecule has 170 valence electrons. The number of rotatable bonds is 6. The van der Waals surface area contributed by atoms with Crippen LogP contribution in [-0.4, -0.2) is 28.0 Å². The molecule has 5 nitrogen and oxygen atoms in total. The lowest BCUT2D eigenvalue weighted by atomic mass is 9.69. The summed E-state index contributed by atoms with van der Waals surface area (Å²) in [6.07, 6.45) is -0.531. The van der Waals surface area contributed by atoms with Crippen molar-refractivity contribution in [2.75, 3.05) is 6.54 Å². The summed E-state index contributed by atoms with van der Waals surface area (Å²) in [5, 5.41) is 4.95. The molecule has 9 heteroatoms. The van der Waals surface area contributed by atoms with Crippen molar-refractivity contribution in [2.24, 2.45) is 16.8 Å². The zero-order valence-electron chi connectivity index (χ0n) is 17.5. The smallest absolute Gasteiger partial charge is 0.292 e. The molecule has 5 rings (SSSR count). The van der Waals surface area contributed by atoms with Gasteiger partial charge in [0.25, 0.3) is 0 Å². The number of pyridine rings is 1. The number of thiazole rings is 1. The Hall–Kier alpha value is -2.91. The van der Waals surface area contributed by atoms with Crippen LogP contribution in [0, 0.1) is 11.8 Å². The van der Waals surface area contributed by atoms with Crippen molar-refractivity contribution in [3.8, 4) is 0 Å². The molecule has 0 spiro atoms. The van der Waals surface area contributed by atoms with Gasteiger partial charge in [0.15, 0.2) is 5.78 Å². The highest BCUT2D eigenvalue weighted by Crippen LogP contribution is 2.39. The monoisotopic (exact) mass is 470 g/mol. The average Bonchev–Trinajstić information content (AvgIpc) is 3.49. The number of nitrogens with one attached hydrogen (secondary N) is 1. The topological polar surface area (TPSA) is 67.2 Å². The van der Waals surface area contributed by atoms with Gasteiger partial charge in [-0.2, -0.15) is 13.2 Å². The largest absolute Gasteiger partial charge is 0.416 e. The molecule has 1 saturated carbocycles. The van der Waals surface area contributed by atoms with Crippen LogP contribution in [0.25, 0.3) is 0 Å². The predicted octanol–water partition coefficient (Wildman–Crippen LogP) is 5.10. The van der Waals surface area contributed by atoms with Gasteiger partial charge in [-0.3, -0.25) is 20.1 Å². The highest BCUT2D eigenvalue weighted by Gasteiger charge is 2.37. The van der Waals surface area contributed by atoms with Crippen LogP contribution in [0.4, 0.5) is 13.2 Å². The molecule has 33 heavy (non-hydrogen) atoms. The Kier molecular flexibility index (Phi) is 5.84. The van der Waals surface area contributed by atoms with E-state index in [1.807, 2.05) is 12.1 Å². The Morgan fingerprint density at radius 3 is 2.70 bits per heavy atom. The van der Waals surface area contributed by atoms with Gasteiger partial charge in [0.1, 0.15) is 11.9 Å². The van der Waals surface area contributed by atoms with E-state index in [1.165, 1.54) is 17.4 Å². The van der Waals surface area contributed by atoms with E-state index in [2.05, 4.69) is 20.3 Å². The third-order valence-electron chi connectivity index (χ3n) is 6.35. The van der Waals surface area contributed by atoms with Gasteiger partial charge in [-0.15, -0.1) is 11.3 Å². The number of carbonyl (C=O) groups is 1. The maximum atomic E-state index is 13.0. The van der Waals surface area contributed by atoms with Gasteiger partial charge in [0, 0.05) is 35.3 Å². The molecule has 3 atom stereocenters. The van der Waals surface area contributed by atoms with Crippen molar-refractivity contribution in [3.05, 3.63) is 81.6 Å². The zero-order valence-corrected chi connectivity index (χ0v) is 18.4. The van der Waals surface area contributed by atoms with E-state index in [0.29, 0.717) is 17.8 Å². The second kappa shape index (κ2) is 8.79. The number of benzene rings is 1. The first-order valence-corrected chi connectivity index (χ1v) is 11.7. The number of aliphatic imine (C=N–C) groups is 1. The molecule has 2 aliphatic rings. The maximum absolute atomic E-state index is 13.0. The third kappa shape index (κ3) is 4.60. The van der Waals surface area contributed by atoms with Crippen molar-refractivity contribution < 1.29 is 18.0 Å². The minimum absolute atomic E-state index is 0.00482. The fourth-order valence-corrected chi connectivity index (χ4v) is 4.90. The van der Waals surface area contributed by atoms with Gasteiger partial charge >= 0.3 is 6.18 Å². The lowest BCUT2D eigenvalue weighted by Crippen LogP contribution is -2.34. The van der Waals surface area contributed by atoms with Gasteiger partial charge in [0.2, 0.25) is 0 Å². The van der Waals surface area contributed by atoms with Crippen LogP contribution in [0.15, 0.2) is 58.5 Å². The number of aromatic nitrogens is 2. The first kappa shape index (κ1) is 21.9. The quantitative estimate of drug-likeness (QED) is 0.509. The molecule has 0 radical (unpaired) electrons. The van der Waals surface area contributed by atoms with E-state index in [-0.39, 0.29) is 17.6 Å². The molecule has 1 aromatic carbocycles. The molecule has 0 saturated heterocycles. The van der Waals surface area contributed by atoms with Gasteiger partial charge < -0.3 is 0 Å². The standard InChI is InChI=1S/C24H21F3N4OS/c25-24(26,27)17-3-1-2-15(8-17)23-29-11-20(31-23)16-4-6-18(28-10-16)9-14-5-7-19(14)22(32)21-12-33-13-30-21/h1-4,6,8,10,12-14,19,23,29H,5,7,9,11H2. The predicted molar refractivity (Wildman–Crippen MR) is 119 cm³/mol. The molecule has 3 heterocycles. The molecular weight excluding hydrogens is 449 g/mol. The second-order valence-corrected chi connectivity index (χ2v) is 9.13. The molecule has 3 aromatic rings. The number of ketones is 1. The molecule has 3 unspecified atom stereocenters. The highest BCUT2D eigenvalue weighted by molar-refractivity contribution is 7.07. The molecule has 1 N–H and O–H groups in total. The van der Waals surface area contributed by atoms with Crippen molar-refractivity contribution in [3.63, 3.8) is 0 Å².